The fourth-order valence-corrected chi connectivity index (χ4v) is 3.09. The second-order valence-corrected chi connectivity index (χ2v) is 7.39. The number of carbonyl (C=O) groups excluding carboxylic acids is 2. The van der Waals surface area contributed by atoms with Crippen LogP contribution in [0.5, 0.6) is 0 Å². The molecule has 0 unspecified atom stereocenters. The largest absolute Gasteiger partial charge is 0.351 e. The number of aromatic nitrogens is 2. The van der Waals surface area contributed by atoms with Crippen molar-refractivity contribution in [1.82, 2.24) is 15.3 Å². The summed E-state index contributed by atoms with van der Waals surface area (Å²) in [5, 5.41) is 6.19. The van der Waals surface area contributed by atoms with E-state index >= 15 is 0 Å². The molecule has 1 aromatic heterocycles. The molecule has 0 bridgehead atoms. The molecular weight excluding hydrogens is 416 g/mol. The number of rotatable bonds is 9. The van der Waals surface area contributed by atoms with Gasteiger partial charge in [0.2, 0.25) is 5.91 Å². The second-order valence-electron chi connectivity index (χ2n) is 5.47. The van der Waals surface area contributed by atoms with E-state index in [0.717, 1.165) is 17.9 Å². The minimum absolute atomic E-state index is 0.0769. The highest BCUT2D eigenvalue weighted by Gasteiger charge is 2.14. The molecule has 2 aromatic rings. The number of anilines is 1. The average molecular weight is 437 g/mol. The molecule has 0 fully saturated rings. The highest BCUT2D eigenvalue weighted by molar-refractivity contribution is 9.10. The predicted octanol–water partition coefficient (Wildman–Crippen LogP) is 3.89. The van der Waals surface area contributed by atoms with Crippen LogP contribution in [0.4, 0.5) is 5.69 Å². The van der Waals surface area contributed by atoms with Crippen molar-refractivity contribution in [3.8, 4) is 0 Å². The molecule has 0 spiro atoms. The van der Waals surface area contributed by atoms with Crippen LogP contribution in [-0.2, 0) is 4.79 Å². The Bertz CT molecular complexity index is 743. The smallest absolute Gasteiger partial charge is 0.271 e. The van der Waals surface area contributed by atoms with E-state index in [2.05, 4.69) is 43.5 Å². The van der Waals surface area contributed by atoms with Crippen molar-refractivity contribution in [3.63, 3.8) is 0 Å². The van der Waals surface area contributed by atoms with Gasteiger partial charge in [0.1, 0.15) is 5.69 Å². The second kappa shape index (κ2) is 10.9. The highest BCUT2D eigenvalue weighted by Crippen LogP contribution is 2.19. The highest BCUT2D eigenvalue weighted by atomic mass is 79.9. The summed E-state index contributed by atoms with van der Waals surface area (Å²) in [7, 11) is 0. The maximum atomic E-state index is 12.3. The maximum absolute atomic E-state index is 12.3. The van der Waals surface area contributed by atoms with Crippen molar-refractivity contribution in [2.45, 2.75) is 31.3 Å². The molecule has 138 valence electrons. The quantitative estimate of drug-likeness (QED) is 0.353. The number of carbonyl (C=O) groups is 2. The molecule has 6 nitrogen and oxygen atoms in total. The Morgan fingerprint density at radius 2 is 2.00 bits per heavy atom. The minimum Gasteiger partial charge on any atom is -0.351 e. The molecule has 26 heavy (non-hydrogen) atoms. The number of nitrogens with zero attached hydrogens (tertiary/aromatic N) is 2. The number of nitrogens with one attached hydrogen (secondary N) is 2. The van der Waals surface area contributed by atoms with Crippen molar-refractivity contribution in [2.24, 2.45) is 0 Å². The zero-order valence-corrected chi connectivity index (χ0v) is 16.9. The summed E-state index contributed by atoms with van der Waals surface area (Å²) in [4.78, 5) is 32.6. The summed E-state index contributed by atoms with van der Waals surface area (Å²) in [5.74, 6) is 0.548. The first kappa shape index (κ1) is 20.4. The molecule has 0 saturated carbocycles. The Labute approximate surface area is 165 Å². The van der Waals surface area contributed by atoms with Crippen LogP contribution in [0.15, 0.2) is 46.2 Å². The van der Waals surface area contributed by atoms with Crippen LogP contribution < -0.4 is 10.6 Å². The molecule has 2 N–H and O–H groups in total. The number of hydrogen-bond acceptors (Lipinski definition) is 5. The van der Waals surface area contributed by atoms with E-state index in [1.807, 2.05) is 30.3 Å². The number of para-hydroxylation sites is 1. The molecular formula is C18H21BrN4O2S. The molecule has 1 heterocycles. The molecule has 8 heteroatoms. The summed E-state index contributed by atoms with van der Waals surface area (Å²) in [5.41, 5.74) is 1.08. The van der Waals surface area contributed by atoms with Crippen LogP contribution >= 0.6 is 27.7 Å². The number of halogens is 1. The van der Waals surface area contributed by atoms with E-state index in [1.54, 1.807) is 6.20 Å². The van der Waals surface area contributed by atoms with Crippen molar-refractivity contribution < 1.29 is 9.59 Å². The third-order valence-electron chi connectivity index (χ3n) is 3.30. The lowest BCUT2D eigenvalue weighted by Crippen LogP contribution is -2.27. The lowest BCUT2D eigenvalue weighted by molar-refractivity contribution is -0.116. The molecule has 0 aliphatic rings. The molecule has 0 aliphatic carbocycles. The maximum Gasteiger partial charge on any atom is 0.271 e. The first-order chi connectivity index (χ1) is 12.6. The van der Waals surface area contributed by atoms with E-state index in [0.29, 0.717) is 34.7 Å². The summed E-state index contributed by atoms with van der Waals surface area (Å²) in [6.07, 6.45) is 3.48. The van der Waals surface area contributed by atoms with E-state index < -0.39 is 0 Å². The lowest BCUT2D eigenvalue weighted by atomic mass is 10.2. The van der Waals surface area contributed by atoms with E-state index in [9.17, 15) is 9.59 Å². The van der Waals surface area contributed by atoms with Crippen molar-refractivity contribution in [3.05, 3.63) is 46.7 Å². The fourth-order valence-electron chi connectivity index (χ4n) is 2.05. The lowest BCUT2D eigenvalue weighted by Gasteiger charge is -2.08. The summed E-state index contributed by atoms with van der Waals surface area (Å²) in [6, 6.07) is 9.29. The monoisotopic (exact) mass is 436 g/mol. The first-order valence-corrected chi connectivity index (χ1v) is 10.2. The molecule has 2 amide bonds. The van der Waals surface area contributed by atoms with E-state index in [4.69, 9.17) is 0 Å². The number of benzene rings is 1. The molecule has 0 radical (unpaired) electrons. The third kappa shape index (κ3) is 6.76. The standard InChI is InChI=1S/C18H21BrN4O2S/c1-2-11-26-18-21-12-14(19)16(23-18)17(25)20-10-6-9-15(24)22-13-7-4-3-5-8-13/h3-5,7-8,12H,2,6,9-11H2,1H3,(H,20,25)(H,22,24). The van der Waals surface area contributed by atoms with Gasteiger partial charge in [-0.05, 0) is 40.9 Å². The number of hydrogen-bond donors (Lipinski definition) is 2. The van der Waals surface area contributed by atoms with Gasteiger partial charge in [0, 0.05) is 30.6 Å². The predicted molar refractivity (Wildman–Crippen MR) is 107 cm³/mol. The molecule has 0 aliphatic heterocycles. The van der Waals surface area contributed by atoms with Crippen LogP contribution in [-0.4, -0.2) is 34.1 Å². The van der Waals surface area contributed by atoms with Crippen molar-refractivity contribution in [2.75, 3.05) is 17.6 Å². The van der Waals surface area contributed by atoms with Crippen LogP contribution in [0.2, 0.25) is 0 Å². The Morgan fingerprint density at radius 1 is 1.23 bits per heavy atom. The summed E-state index contributed by atoms with van der Waals surface area (Å²) in [6.45, 7) is 2.47. The van der Waals surface area contributed by atoms with Crippen molar-refractivity contribution in [1.29, 1.82) is 0 Å². The fraction of sp³-hybridized carbons (Fsp3) is 0.333. The van der Waals surface area contributed by atoms with Crippen LogP contribution in [0.1, 0.15) is 36.7 Å². The summed E-state index contributed by atoms with van der Waals surface area (Å²) >= 11 is 4.83. The van der Waals surface area contributed by atoms with Gasteiger partial charge >= 0.3 is 0 Å². The van der Waals surface area contributed by atoms with Crippen LogP contribution in [0.3, 0.4) is 0 Å². The van der Waals surface area contributed by atoms with Gasteiger partial charge in [-0.2, -0.15) is 0 Å². The first-order valence-electron chi connectivity index (χ1n) is 8.38. The van der Waals surface area contributed by atoms with Gasteiger partial charge in [-0.3, -0.25) is 9.59 Å². The van der Waals surface area contributed by atoms with Gasteiger partial charge in [0.05, 0.1) is 4.47 Å². The molecule has 2 rings (SSSR count). The van der Waals surface area contributed by atoms with Gasteiger partial charge in [-0.1, -0.05) is 36.9 Å². The van der Waals surface area contributed by atoms with E-state index in [1.165, 1.54) is 11.8 Å². The molecule has 0 atom stereocenters. The average Bonchev–Trinajstić information content (AvgIpc) is 2.65. The Balaban J connectivity index is 1.77. The number of thioether (sulfide) groups is 1. The van der Waals surface area contributed by atoms with Crippen LogP contribution in [0, 0.1) is 0 Å². The van der Waals surface area contributed by atoms with Gasteiger partial charge in [0.25, 0.3) is 5.91 Å². The summed E-state index contributed by atoms with van der Waals surface area (Å²) < 4.78 is 0.553. The third-order valence-corrected chi connectivity index (χ3v) is 4.94. The van der Waals surface area contributed by atoms with Crippen molar-refractivity contribution >= 4 is 45.2 Å². The zero-order chi connectivity index (χ0) is 18.8. The SMILES string of the molecule is CCCSc1ncc(Br)c(C(=O)NCCCC(=O)Nc2ccccc2)n1. The number of amides is 2. The van der Waals surface area contributed by atoms with Crippen LogP contribution in [0.25, 0.3) is 0 Å². The van der Waals surface area contributed by atoms with Gasteiger partial charge < -0.3 is 10.6 Å². The normalized spacial score (nSPS) is 10.4. The molecule has 1 aromatic carbocycles. The molecule has 0 saturated heterocycles. The van der Waals surface area contributed by atoms with E-state index in [-0.39, 0.29) is 11.8 Å². The Hall–Kier alpha value is -1.93. The van der Waals surface area contributed by atoms with Gasteiger partial charge in [0.15, 0.2) is 5.16 Å². The Morgan fingerprint density at radius 3 is 2.73 bits per heavy atom. The van der Waals surface area contributed by atoms with Gasteiger partial charge in [-0.25, -0.2) is 9.97 Å². The topological polar surface area (TPSA) is 84.0 Å². The zero-order valence-electron chi connectivity index (χ0n) is 14.5. The van der Waals surface area contributed by atoms with Gasteiger partial charge in [-0.15, -0.1) is 0 Å². The minimum atomic E-state index is -0.277. The Kier molecular flexibility index (Phi) is 8.57.